The fraction of sp³-hybridized carbons (Fsp3) is 0.250. The lowest BCUT2D eigenvalue weighted by Gasteiger charge is -2.17. The van der Waals surface area contributed by atoms with Gasteiger partial charge in [0.05, 0.1) is 5.69 Å². The number of carbonyl (C=O) groups excluding carboxylic acids is 2. The number of benzene rings is 1. The van der Waals surface area contributed by atoms with Crippen LogP contribution in [0.15, 0.2) is 35.6 Å². The van der Waals surface area contributed by atoms with Crippen LogP contribution in [0.25, 0.3) is 16.9 Å². The van der Waals surface area contributed by atoms with Gasteiger partial charge in [-0.25, -0.2) is 9.97 Å². The number of hydrogen-bond donors (Lipinski definition) is 0. The maximum absolute atomic E-state index is 12.3. The first-order chi connectivity index (χ1) is 12.4. The summed E-state index contributed by atoms with van der Waals surface area (Å²) < 4.78 is 1.53. The summed E-state index contributed by atoms with van der Waals surface area (Å²) in [5, 5.41) is 8.31. The Kier molecular flexibility index (Phi) is 5.19. The number of Topliss-reactive ketones (excluding diaryl/α,β-unsaturated/α-hetero) is 1. The van der Waals surface area contributed by atoms with E-state index in [2.05, 4.69) is 20.3 Å². The molecule has 3 aromatic rings. The van der Waals surface area contributed by atoms with Crippen LogP contribution >= 0.6 is 23.4 Å². The van der Waals surface area contributed by atoms with Crippen molar-refractivity contribution < 1.29 is 9.59 Å². The average molecular weight is 391 g/mol. The number of thioether (sulfide) groups is 1. The van der Waals surface area contributed by atoms with Crippen molar-refractivity contribution in [1.82, 2.24) is 29.9 Å². The van der Waals surface area contributed by atoms with Crippen molar-refractivity contribution in [1.29, 1.82) is 0 Å². The summed E-state index contributed by atoms with van der Waals surface area (Å²) >= 11 is 7.08. The topological polar surface area (TPSA) is 93.9 Å². The Bertz CT molecular complexity index is 990. The third kappa shape index (κ3) is 3.54. The molecule has 10 heteroatoms. The minimum absolute atomic E-state index is 0.261. The Morgan fingerprint density at radius 3 is 2.69 bits per heavy atom. The first-order valence-electron chi connectivity index (χ1n) is 7.59. The predicted octanol–water partition coefficient (Wildman–Crippen LogP) is 2.00. The van der Waals surface area contributed by atoms with E-state index in [-0.39, 0.29) is 11.7 Å². The van der Waals surface area contributed by atoms with Gasteiger partial charge in [0.1, 0.15) is 16.6 Å². The van der Waals surface area contributed by atoms with Crippen molar-refractivity contribution >= 4 is 46.2 Å². The van der Waals surface area contributed by atoms with Gasteiger partial charge in [-0.15, -0.1) is 5.10 Å². The Morgan fingerprint density at radius 2 is 2.04 bits per heavy atom. The van der Waals surface area contributed by atoms with E-state index in [0.29, 0.717) is 26.9 Å². The molecule has 0 bridgehead atoms. The van der Waals surface area contributed by atoms with Crippen LogP contribution in [0.1, 0.15) is 6.92 Å². The Morgan fingerprint density at radius 1 is 1.27 bits per heavy atom. The Labute approximate surface area is 158 Å². The number of rotatable bonds is 5. The first-order valence-corrected chi connectivity index (χ1v) is 8.85. The smallest absolute Gasteiger partial charge is 0.243 e. The second-order valence-electron chi connectivity index (χ2n) is 5.67. The van der Waals surface area contributed by atoms with Crippen LogP contribution in [0.5, 0.6) is 0 Å². The zero-order valence-electron chi connectivity index (χ0n) is 14.3. The van der Waals surface area contributed by atoms with Gasteiger partial charge in [-0.3, -0.25) is 9.59 Å². The summed E-state index contributed by atoms with van der Waals surface area (Å²) in [6.07, 6.45) is 1.35. The van der Waals surface area contributed by atoms with E-state index in [4.69, 9.17) is 11.6 Å². The lowest BCUT2D eigenvalue weighted by Crippen LogP contribution is -2.36. The van der Waals surface area contributed by atoms with Crippen LogP contribution in [0.4, 0.5) is 0 Å². The van der Waals surface area contributed by atoms with Crippen LogP contribution in [0, 0.1) is 0 Å². The molecule has 1 aromatic carbocycles. The highest BCUT2D eigenvalue weighted by atomic mass is 35.5. The van der Waals surface area contributed by atoms with E-state index in [0.717, 1.165) is 11.8 Å². The number of aromatic nitrogens is 5. The fourth-order valence-electron chi connectivity index (χ4n) is 2.25. The molecule has 3 rings (SSSR count). The first kappa shape index (κ1) is 18.3. The summed E-state index contributed by atoms with van der Waals surface area (Å²) in [5.41, 5.74) is 1.57. The molecular formula is C16H15ClN6O2S. The minimum atomic E-state index is -0.903. The molecule has 0 saturated carbocycles. The summed E-state index contributed by atoms with van der Waals surface area (Å²) in [6, 6.07) is 7.11. The van der Waals surface area contributed by atoms with Gasteiger partial charge < -0.3 is 4.90 Å². The maximum Gasteiger partial charge on any atom is 0.243 e. The van der Waals surface area contributed by atoms with E-state index >= 15 is 0 Å². The van der Waals surface area contributed by atoms with Crippen LogP contribution in [-0.2, 0) is 9.59 Å². The quantitative estimate of drug-likeness (QED) is 0.373. The fourth-order valence-corrected chi connectivity index (χ4v) is 3.49. The molecule has 0 N–H and O–H groups in total. The number of carbonyl (C=O) groups is 2. The molecule has 0 spiro atoms. The van der Waals surface area contributed by atoms with Crippen molar-refractivity contribution in [2.75, 3.05) is 14.1 Å². The largest absolute Gasteiger partial charge is 0.347 e. The van der Waals surface area contributed by atoms with Crippen molar-refractivity contribution in [3.8, 4) is 5.69 Å². The highest BCUT2D eigenvalue weighted by Gasteiger charge is 2.28. The van der Waals surface area contributed by atoms with Gasteiger partial charge in [-0.05, 0) is 25.1 Å². The lowest BCUT2D eigenvalue weighted by molar-refractivity contribution is -0.132. The molecule has 8 nitrogen and oxygen atoms in total. The van der Waals surface area contributed by atoms with E-state index in [9.17, 15) is 9.59 Å². The molecule has 0 fully saturated rings. The molecule has 2 heterocycles. The zero-order chi connectivity index (χ0) is 18.8. The minimum Gasteiger partial charge on any atom is -0.347 e. The monoisotopic (exact) mass is 390 g/mol. The second-order valence-corrected chi connectivity index (χ2v) is 7.20. The van der Waals surface area contributed by atoms with Crippen molar-refractivity contribution in [3.05, 3.63) is 35.6 Å². The van der Waals surface area contributed by atoms with E-state index < -0.39 is 5.25 Å². The molecule has 2 aromatic heterocycles. The van der Waals surface area contributed by atoms with Gasteiger partial charge in [0.25, 0.3) is 0 Å². The molecule has 0 aliphatic rings. The Balaban J connectivity index is 2.03. The Hall–Kier alpha value is -2.52. The third-order valence-electron chi connectivity index (χ3n) is 3.52. The van der Waals surface area contributed by atoms with Crippen molar-refractivity contribution in [2.45, 2.75) is 17.2 Å². The molecule has 0 saturated heterocycles. The van der Waals surface area contributed by atoms with Gasteiger partial charge in [0, 0.05) is 19.1 Å². The third-order valence-corrected chi connectivity index (χ3v) is 5.05. The molecule has 1 amide bonds. The van der Waals surface area contributed by atoms with Gasteiger partial charge in [0.15, 0.2) is 16.9 Å². The number of halogens is 1. The molecule has 26 heavy (non-hydrogen) atoms. The highest BCUT2D eigenvalue weighted by molar-refractivity contribution is 8.01. The maximum atomic E-state index is 12.3. The van der Waals surface area contributed by atoms with Crippen LogP contribution in [0.2, 0.25) is 5.02 Å². The van der Waals surface area contributed by atoms with Crippen LogP contribution in [-0.4, -0.2) is 60.9 Å². The van der Waals surface area contributed by atoms with Crippen LogP contribution in [0.3, 0.4) is 0 Å². The molecule has 0 unspecified atom stereocenters. The molecular weight excluding hydrogens is 376 g/mol. The average Bonchev–Trinajstić information content (AvgIpc) is 3.03. The molecule has 134 valence electrons. The second kappa shape index (κ2) is 7.38. The van der Waals surface area contributed by atoms with Gasteiger partial charge in [-0.2, -0.15) is 4.68 Å². The van der Waals surface area contributed by atoms with E-state index in [1.807, 2.05) is 6.07 Å². The zero-order valence-corrected chi connectivity index (χ0v) is 15.8. The SMILES string of the molecule is CC(=O)[C@@H](Sc1ncnc2c1nnn2-c1cccc(Cl)c1)C(=O)N(C)C. The van der Waals surface area contributed by atoms with Crippen molar-refractivity contribution in [3.63, 3.8) is 0 Å². The summed E-state index contributed by atoms with van der Waals surface area (Å²) in [7, 11) is 3.20. The number of nitrogens with zero attached hydrogens (tertiary/aromatic N) is 6. The normalized spacial score (nSPS) is 12.2. The molecule has 0 aliphatic heterocycles. The summed E-state index contributed by atoms with van der Waals surface area (Å²) in [4.78, 5) is 34.0. The number of ketones is 1. The number of amides is 1. The predicted molar refractivity (Wildman–Crippen MR) is 98.5 cm³/mol. The van der Waals surface area contributed by atoms with Crippen molar-refractivity contribution in [2.24, 2.45) is 0 Å². The standard InChI is InChI=1S/C16H15ClN6O2S/c1-9(24)13(16(25)22(2)3)26-15-12-14(18-8-19-15)23(21-20-12)11-6-4-5-10(17)7-11/h4-8,13H,1-3H3/t13-/m1/s1. The van der Waals surface area contributed by atoms with Gasteiger partial charge in [-0.1, -0.05) is 34.6 Å². The number of fused-ring (bicyclic) bond motifs is 1. The van der Waals surface area contributed by atoms with Gasteiger partial charge in [0.2, 0.25) is 5.91 Å². The molecule has 1 atom stereocenters. The van der Waals surface area contributed by atoms with E-state index in [1.54, 1.807) is 32.3 Å². The molecule has 0 radical (unpaired) electrons. The van der Waals surface area contributed by atoms with Crippen LogP contribution < -0.4 is 0 Å². The summed E-state index contributed by atoms with van der Waals surface area (Å²) in [5.74, 6) is -0.570. The highest BCUT2D eigenvalue weighted by Crippen LogP contribution is 2.29. The number of hydrogen-bond acceptors (Lipinski definition) is 7. The lowest BCUT2D eigenvalue weighted by atomic mass is 10.3. The van der Waals surface area contributed by atoms with E-state index in [1.165, 1.54) is 22.8 Å². The summed E-state index contributed by atoms with van der Waals surface area (Å²) in [6.45, 7) is 1.38. The van der Waals surface area contributed by atoms with Gasteiger partial charge >= 0.3 is 0 Å². The molecule has 0 aliphatic carbocycles.